The first kappa shape index (κ1) is 11.3. The molecule has 0 saturated carbocycles. The smallest absolute Gasteiger partial charge is 0.159 e. The van der Waals surface area contributed by atoms with Crippen LogP contribution < -0.4 is 11.1 Å². The average molecular weight is 218 g/mol. The van der Waals surface area contributed by atoms with E-state index in [1.807, 2.05) is 18.2 Å². The Hall–Kier alpha value is -1.19. The molecular weight excluding hydrogens is 200 g/mol. The molecule has 0 spiro atoms. The number of nitrogens with one attached hydrogen (secondary N) is 1. The minimum atomic E-state index is 0.120. The molecule has 2 rings (SSSR count). The Kier molecular flexibility index (Phi) is 3.36. The highest BCUT2D eigenvalue weighted by Crippen LogP contribution is 2.23. The molecule has 86 valence electrons. The van der Waals surface area contributed by atoms with E-state index in [-0.39, 0.29) is 11.8 Å². The van der Waals surface area contributed by atoms with Crippen molar-refractivity contribution in [3.05, 3.63) is 35.4 Å². The third kappa shape index (κ3) is 2.49. The summed E-state index contributed by atoms with van der Waals surface area (Å²) in [4.78, 5) is 11.3. The fraction of sp³-hybridized carbons (Fsp3) is 0.462. The van der Waals surface area contributed by atoms with Crippen molar-refractivity contribution in [2.24, 2.45) is 5.73 Å². The SMILES string of the molecule is CC(=O)c1cccc(C2CCC(N)CN2)c1. The van der Waals surface area contributed by atoms with Crippen LogP contribution in [0.15, 0.2) is 24.3 Å². The Morgan fingerprint density at radius 3 is 2.88 bits per heavy atom. The molecule has 1 aromatic carbocycles. The second-order valence-electron chi connectivity index (χ2n) is 4.48. The molecule has 1 aliphatic rings. The molecule has 3 N–H and O–H groups in total. The number of piperidine rings is 1. The lowest BCUT2D eigenvalue weighted by molar-refractivity contribution is 0.101. The quantitative estimate of drug-likeness (QED) is 0.742. The van der Waals surface area contributed by atoms with Crippen molar-refractivity contribution < 1.29 is 4.79 Å². The average Bonchev–Trinajstić information content (AvgIpc) is 2.30. The van der Waals surface area contributed by atoms with E-state index in [1.165, 1.54) is 5.56 Å². The molecular formula is C13H18N2O. The summed E-state index contributed by atoms with van der Waals surface area (Å²) in [6.45, 7) is 2.46. The molecule has 16 heavy (non-hydrogen) atoms. The molecule has 0 aliphatic carbocycles. The molecule has 0 radical (unpaired) electrons. The number of nitrogens with two attached hydrogens (primary N) is 1. The number of ketones is 1. The summed E-state index contributed by atoms with van der Waals surface area (Å²) in [5, 5.41) is 3.41. The Bertz CT molecular complexity index is 381. The van der Waals surface area contributed by atoms with Gasteiger partial charge in [0, 0.05) is 24.2 Å². The highest BCUT2D eigenvalue weighted by atomic mass is 16.1. The summed E-state index contributed by atoms with van der Waals surface area (Å²) < 4.78 is 0. The van der Waals surface area contributed by atoms with Crippen LogP contribution in [0.3, 0.4) is 0 Å². The number of hydrogen-bond donors (Lipinski definition) is 2. The van der Waals surface area contributed by atoms with E-state index in [0.29, 0.717) is 6.04 Å². The van der Waals surface area contributed by atoms with Gasteiger partial charge in [-0.15, -0.1) is 0 Å². The van der Waals surface area contributed by atoms with Gasteiger partial charge in [0.05, 0.1) is 0 Å². The summed E-state index contributed by atoms with van der Waals surface area (Å²) in [6, 6.07) is 8.48. The Morgan fingerprint density at radius 1 is 1.44 bits per heavy atom. The molecule has 1 saturated heterocycles. The van der Waals surface area contributed by atoms with Crippen LogP contribution in [-0.2, 0) is 0 Å². The number of carbonyl (C=O) groups is 1. The topological polar surface area (TPSA) is 55.1 Å². The van der Waals surface area contributed by atoms with Crippen molar-refractivity contribution in [3.8, 4) is 0 Å². The van der Waals surface area contributed by atoms with Gasteiger partial charge in [-0.3, -0.25) is 4.79 Å². The molecule has 1 aliphatic heterocycles. The van der Waals surface area contributed by atoms with E-state index in [0.717, 1.165) is 24.9 Å². The predicted molar refractivity (Wildman–Crippen MR) is 64.4 cm³/mol. The van der Waals surface area contributed by atoms with Gasteiger partial charge in [0.15, 0.2) is 5.78 Å². The van der Waals surface area contributed by atoms with Gasteiger partial charge < -0.3 is 11.1 Å². The maximum atomic E-state index is 11.3. The maximum absolute atomic E-state index is 11.3. The number of hydrogen-bond acceptors (Lipinski definition) is 3. The minimum absolute atomic E-state index is 0.120. The van der Waals surface area contributed by atoms with E-state index >= 15 is 0 Å². The predicted octanol–water partition coefficient (Wildman–Crippen LogP) is 1.64. The fourth-order valence-electron chi connectivity index (χ4n) is 2.14. The van der Waals surface area contributed by atoms with Crippen LogP contribution in [-0.4, -0.2) is 18.4 Å². The molecule has 1 fully saturated rings. The standard InChI is InChI=1S/C13H18N2O/c1-9(16)10-3-2-4-11(7-10)13-6-5-12(14)8-15-13/h2-4,7,12-13,15H,5-6,8,14H2,1H3. The van der Waals surface area contributed by atoms with Crippen molar-refractivity contribution in [3.63, 3.8) is 0 Å². The minimum Gasteiger partial charge on any atom is -0.327 e. The molecule has 0 bridgehead atoms. The van der Waals surface area contributed by atoms with Gasteiger partial charge in [0.1, 0.15) is 0 Å². The molecule has 1 aromatic rings. The fourth-order valence-corrected chi connectivity index (χ4v) is 2.14. The third-order valence-electron chi connectivity index (χ3n) is 3.15. The summed E-state index contributed by atoms with van der Waals surface area (Å²) in [6.07, 6.45) is 2.09. The van der Waals surface area contributed by atoms with Crippen LogP contribution >= 0.6 is 0 Å². The van der Waals surface area contributed by atoms with Gasteiger partial charge in [-0.25, -0.2) is 0 Å². The molecule has 0 amide bonds. The number of benzene rings is 1. The zero-order chi connectivity index (χ0) is 11.5. The van der Waals surface area contributed by atoms with E-state index < -0.39 is 0 Å². The number of carbonyl (C=O) groups excluding carboxylic acids is 1. The second kappa shape index (κ2) is 4.76. The zero-order valence-electron chi connectivity index (χ0n) is 9.57. The van der Waals surface area contributed by atoms with Gasteiger partial charge in [0.25, 0.3) is 0 Å². The van der Waals surface area contributed by atoms with Crippen LogP contribution in [0, 0.1) is 0 Å². The highest BCUT2D eigenvalue weighted by Gasteiger charge is 2.19. The lowest BCUT2D eigenvalue weighted by atomic mass is 9.94. The molecule has 3 heteroatoms. The van der Waals surface area contributed by atoms with E-state index in [4.69, 9.17) is 5.73 Å². The Labute approximate surface area is 96.0 Å². The van der Waals surface area contributed by atoms with Crippen LogP contribution in [0.25, 0.3) is 0 Å². The van der Waals surface area contributed by atoms with Crippen molar-refractivity contribution in [2.75, 3.05) is 6.54 Å². The number of Topliss-reactive ketones (excluding diaryl/α,β-unsaturated/α-hetero) is 1. The first-order valence-corrected chi connectivity index (χ1v) is 5.76. The Balaban J connectivity index is 2.14. The van der Waals surface area contributed by atoms with Gasteiger partial charge in [-0.1, -0.05) is 18.2 Å². The normalized spacial score (nSPS) is 25.4. The molecule has 2 atom stereocenters. The zero-order valence-corrected chi connectivity index (χ0v) is 9.57. The van der Waals surface area contributed by atoms with E-state index in [1.54, 1.807) is 6.92 Å². The van der Waals surface area contributed by atoms with Crippen LogP contribution in [0.1, 0.15) is 41.7 Å². The maximum Gasteiger partial charge on any atom is 0.159 e. The van der Waals surface area contributed by atoms with E-state index in [9.17, 15) is 4.79 Å². The monoisotopic (exact) mass is 218 g/mol. The van der Waals surface area contributed by atoms with Gasteiger partial charge >= 0.3 is 0 Å². The summed E-state index contributed by atoms with van der Waals surface area (Å²) in [5.41, 5.74) is 7.82. The Morgan fingerprint density at radius 2 is 2.25 bits per heavy atom. The molecule has 3 nitrogen and oxygen atoms in total. The number of rotatable bonds is 2. The van der Waals surface area contributed by atoms with Crippen molar-refractivity contribution in [1.29, 1.82) is 0 Å². The summed E-state index contributed by atoms with van der Waals surface area (Å²) >= 11 is 0. The van der Waals surface area contributed by atoms with Crippen LogP contribution in [0.2, 0.25) is 0 Å². The van der Waals surface area contributed by atoms with Gasteiger partial charge in [0.2, 0.25) is 0 Å². The van der Waals surface area contributed by atoms with Crippen molar-refractivity contribution >= 4 is 5.78 Å². The molecule has 1 heterocycles. The van der Waals surface area contributed by atoms with Crippen LogP contribution in [0.5, 0.6) is 0 Å². The summed E-state index contributed by atoms with van der Waals surface area (Å²) in [7, 11) is 0. The summed E-state index contributed by atoms with van der Waals surface area (Å²) in [5.74, 6) is 0.120. The van der Waals surface area contributed by atoms with Crippen molar-refractivity contribution in [2.45, 2.75) is 31.8 Å². The first-order chi connectivity index (χ1) is 7.66. The largest absolute Gasteiger partial charge is 0.327 e. The molecule has 0 aromatic heterocycles. The lowest BCUT2D eigenvalue weighted by Gasteiger charge is -2.28. The second-order valence-corrected chi connectivity index (χ2v) is 4.48. The lowest BCUT2D eigenvalue weighted by Crippen LogP contribution is -2.41. The first-order valence-electron chi connectivity index (χ1n) is 5.76. The highest BCUT2D eigenvalue weighted by molar-refractivity contribution is 5.94. The van der Waals surface area contributed by atoms with Gasteiger partial charge in [-0.05, 0) is 31.4 Å². The van der Waals surface area contributed by atoms with Crippen molar-refractivity contribution in [1.82, 2.24) is 5.32 Å². The van der Waals surface area contributed by atoms with Crippen LogP contribution in [0.4, 0.5) is 0 Å². The third-order valence-corrected chi connectivity index (χ3v) is 3.15. The van der Waals surface area contributed by atoms with E-state index in [2.05, 4.69) is 11.4 Å². The molecule has 2 unspecified atom stereocenters. The van der Waals surface area contributed by atoms with Gasteiger partial charge in [-0.2, -0.15) is 0 Å².